The number of carbonyl (C=O) groups is 2. The van der Waals surface area contributed by atoms with Gasteiger partial charge in [-0.25, -0.2) is 14.6 Å². The monoisotopic (exact) mass is 447 g/mol. The molecule has 0 aromatic heterocycles. The highest BCUT2D eigenvalue weighted by atomic mass is 35.5. The average Bonchev–Trinajstić information content (AvgIpc) is 3.19. The predicted molar refractivity (Wildman–Crippen MR) is 125 cm³/mol. The number of amides is 2. The van der Waals surface area contributed by atoms with Crippen molar-refractivity contribution in [1.29, 1.82) is 0 Å². The molecule has 32 heavy (non-hydrogen) atoms. The van der Waals surface area contributed by atoms with Gasteiger partial charge in [0.05, 0.1) is 30.3 Å². The van der Waals surface area contributed by atoms with Crippen molar-refractivity contribution in [2.45, 2.75) is 12.3 Å². The molecule has 0 saturated carbocycles. The van der Waals surface area contributed by atoms with E-state index in [0.29, 0.717) is 22.8 Å². The van der Waals surface area contributed by atoms with E-state index in [1.165, 1.54) is 12.1 Å². The Kier molecular flexibility index (Phi) is 5.97. The van der Waals surface area contributed by atoms with Crippen LogP contribution in [-0.2, 0) is 10.2 Å². The van der Waals surface area contributed by atoms with Crippen molar-refractivity contribution in [3.8, 4) is 0 Å². The number of hydrogen-bond acceptors (Lipinski definition) is 4. The molecule has 1 heterocycles. The number of nitrogens with zero attached hydrogens (tertiary/aromatic N) is 2. The van der Waals surface area contributed by atoms with Crippen LogP contribution >= 0.6 is 11.6 Å². The highest BCUT2D eigenvalue weighted by Crippen LogP contribution is 2.35. The first-order valence-corrected chi connectivity index (χ1v) is 10.5. The second kappa shape index (κ2) is 8.85. The molecule has 162 valence electrons. The molecule has 0 saturated heterocycles. The Hall–Kier alpha value is -3.64. The largest absolute Gasteiger partial charge is 0.465 e. The summed E-state index contributed by atoms with van der Waals surface area (Å²) in [5, 5.41) is 9.61. The van der Waals surface area contributed by atoms with Gasteiger partial charge in [-0.3, -0.25) is 0 Å². The summed E-state index contributed by atoms with van der Waals surface area (Å²) >= 11 is 6.07. The first-order valence-electron chi connectivity index (χ1n) is 10.1. The zero-order valence-electron chi connectivity index (χ0n) is 17.7. The molecule has 1 N–H and O–H groups in total. The summed E-state index contributed by atoms with van der Waals surface area (Å²) in [4.78, 5) is 24.6. The van der Waals surface area contributed by atoms with Crippen LogP contribution in [0.3, 0.4) is 0 Å². The molecule has 0 spiro atoms. The summed E-state index contributed by atoms with van der Waals surface area (Å²) in [7, 11) is 1.32. The molecule has 0 aliphatic carbocycles. The minimum absolute atomic E-state index is 0.359. The summed E-state index contributed by atoms with van der Waals surface area (Å²) in [6.45, 7) is 2.45. The van der Waals surface area contributed by atoms with E-state index in [2.05, 4.69) is 12.2 Å². The second-order valence-corrected chi connectivity index (χ2v) is 8.15. The fourth-order valence-corrected chi connectivity index (χ4v) is 3.90. The van der Waals surface area contributed by atoms with Crippen molar-refractivity contribution in [2.24, 2.45) is 5.10 Å². The predicted octanol–water partition coefficient (Wildman–Crippen LogP) is 5.34. The molecule has 1 unspecified atom stereocenters. The third kappa shape index (κ3) is 4.22. The Labute approximate surface area is 191 Å². The summed E-state index contributed by atoms with van der Waals surface area (Å²) in [6.07, 6.45) is 0. The number of rotatable bonds is 4. The molecule has 0 bridgehead atoms. The summed E-state index contributed by atoms with van der Waals surface area (Å²) in [5.74, 6) is -0.432. The van der Waals surface area contributed by atoms with E-state index in [4.69, 9.17) is 21.4 Å². The van der Waals surface area contributed by atoms with E-state index in [1.54, 1.807) is 24.3 Å². The molecular formula is C25H22ClN3O3. The third-order valence-electron chi connectivity index (χ3n) is 5.53. The van der Waals surface area contributed by atoms with E-state index < -0.39 is 11.4 Å². The van der Waals surface area contributed by atoms with Crippen LogP contribution in [-0.4, -0.2) is 36.4 Å². The van der Waals surface area contributed by atoms with Gasteiger partial charge < -0.3 is 10.1 Å². The fourth-order valence-electron chi connectivity index (χ4n) is 3.77. The van der Waals surface area contributed by atoms with E-state index in [9.17, 15) is 9.59 Å². The van der Waals surface area contributed by atoms with Crippen LogP contribution in [0.2, 0.25) is 5.02 Å². The van der Waals surface area contributed by atoms with Crippen molar-refractivity contribution in [3.63, 3.8) is 0 Å². The van der Waals surface area contributed by atoms with Crippen LogP contribution in [0.15, 0.2) is 84.0 Å². The number of benzene rings is 3. The lowest BCUT2D eigenvalue weighted by molar-refractivity contribution is 0.0600. The molecule has 3 aromatic rings. The van der Waals surface area contributed by atoms with Crippen molar-refractivity contribution in [1.82, 2.24) is 5.01 Å². The van der Waals surface area contributed by atoms with Gasteiger partial charge in [0.2, 0.25) is 0 Å². The van der Waals surface area contributed by atoms with Gasteiger partial charge in [-0.15, -0.1) is 0 Å². The van der Waals surface area contributed by atoms with Gasteiger partial charge in [0.1, 0.15) is 0 Å². The molecular weight excluding hydrogens is 426 g/mol. The van der Waals surface area contributed by atoms with E-state index in [0.717, 1.165) is 16.8 Å². The highest BCUT2D eigenvalue weighted by molar-refractivity contribution is 6.30. The number of urea groups is 1. The van der Waals surface area contributed by atoms with Crippen LogP contribution < -0.4 is 5.32 Å². The Morgan fingerprint density at radius 1 is 1.00 bits per heavy atom. The SMILES string of the molecule is COC(=O)c1ccc(NC(=O)N2CC(C)(c3ccccc3)C(c3ccc(Cl)cc3)=N2)cc1. The standard InChI is InChI=1S/C25H22ClN3O3/c1-25(19-6-4-3-5-7-19)16-29(28-22(25)17-8-12-20(26)13-9-17)24(31)27-21-14-10-18(11-15-21)23(30)32-2/h3-15H,16H2,1-2H3,(H,27,31). The number of hydrogen-bond donors (Lipinski definition) is 1. The Morgan fingerprint density at radius 2 is 1.66 bits per heavy atom. The molecule has 6 nitrogen and oxygen atoms in total. The summed E-state index contributed by atoms with van der Waals surface area (Å²) in [5.41, 5.74) is 3.22. The van der Waals surface area contributed by atoms with E-state index in [1.807, 2.05) is 54.6 Å². The van der Waals surface area contributed by atoms with Gasteiger partial charge in [0.25, 0.3) is 0 Å². The fraction of sp³-hybridized carbons (Fsp3) is 0.160. The van der Waals surface area contributed by atoms with Crippen LogP contribution in [0, 0.1) is 0 Å². The van der Waals surface area contributed by atoms with Crippen molar-refractivity contribution >= 4 is 35.0 Å². The van der Waals surface area contributed by atoms with Crippen molar-refractivity contribution in [3.05, 3.63) is 101 Å². The number of carbonyl (C=O) groups excluding carboxylic acids is 2. The third-order valence-corrected chi connectivity index (χ3v) is 5.78. The molecule has 0 fully saturated rings. The van der Waals surface area contributed by atoms with Crippen LogP contribution in [0.25, 0.3) is 0 Å². The van der Waals surface area contributed by atoms with Gasteiger partial charge in [0.15, 0.2) is 0 Å². The maximum Gasteiger partial charge on any atom is 0.342 e. The minimum atomic E-state index is -0.499. The maximum atomic E-state index is 13.0. The Bertz CT molecular complexity index is 1160. The quantitative estimate of drug-likeness (QED) is 0.549. The number of methoxy groups -OCH3 is 1. The maximum absolute atomic E-state index is 13.0. The molecule has 2 amide bonds. The lowest BCUT2D eigenvalue weighted by Gasteiger charge is -2.27. The second-order valence-electron chi connectivity index (χ2n) is 7.71. The van der Waals surface area contributed by atoms with Crippen molar-refractivity contribution in [2.75, 3.05) is 19.0 Å². The zero-order valence-corrected chi connectivity index (χ0v) is 18.5. The zero-order chi connectivity index (χ0) is 22.7. The van der Waals surface area contributed by atoms with Crippen LogP contribution in [0.5, 0.6) is 0 Å². The number of nitrogens with one attached hydrogen (secondary N) is 1. The van der Waals surface area contributed by atoms with Gasteiger partial charge in [0, 0.05) is 10.7 Å². The molecule has 7 heteroatoms. The first kappa shape index (κ1) is 21.6. The molecule has 0 radical (unpaired) electrons. The molecule has 1 atom stereocenters. The molecule has 3 aromatic carbocycles. The van der Waals surface area contributed by atoms with Crippen LogP contribution in [0.4, 0.5) is 10.5 Å². The highest BCUT2D eigenvalue weighted by Gasteiger charge is 2.42. The van der Waals surface area contributed by atoms with Gasteiger partial charge in [-0.1, -0.05) is 54.1 Å². The first-order chi connectivity index (χ1) is 15.4. The molecule has 1 aliphatic rings. The summed E-state index contributed by atoms with van der Waals surface area (Å²) < 4.78 is 4.70. The number of hydrazone groups is 1. The van der Waals surface area contributed by atoms with E-state index in [-0.39, 0.29) is 6.03 Å². The van der Waals surface area contributed by atoms with Gasteiger partial charge in [-0.2, -0.15) is 5.10 Å². The van der Waals surface area contributed by atoms with Crippen molar-refractivity contribution < 1.29 is 14.3 Å². The smallest absolute Gasteiger partial charge is 0.342 e. The molecule has 4 rings (SSSR count). The van der Waals surface area contributed by atoms with Gasteiger partial charge >= 0.3 is 12.0 Å². The Balaban J connectivity index is 1.62. The van der Waals surface area contributed by atoms with Gasteiger partial charge in [-0.05, 0) is 54.4 Å². The number of halogens is 1. The number of esters is 1. The minimum Gasteiger partial charge on any atom is -0.465 e. The van der Waals surface area contributed by atoms with Crippen LogP contribution in [0.1, 0.15) is 28.4 Å². The Morgan fingerprint density at radius 3 is 2.28 bits per heavy atom. The number of ether oxygens (including phenoxy) is 1. The lowest BCUT2D eigenvalue weighted by Crippen LogP contribution is -2.38. The normalized spacial score (nSPS) is 17.6. The van der Waals surface area contributed by atoms with E-state index >= 15 is 0 Å². The average molecular weight is 448 g/mol. The topological polar surface area (TPSA) is 71.0 Å². The summed E-state index contributed by atoms with van der Waals surface area (Å²) in [6, 6.07) is 23.6. The lowest BCUT2D eigenvalue weighted by atomic mass is 9.76. The number of anilines is 1. The molecule has 1 aliphatic heterocycles.